The minimum Gasteiger partial charge on any atom is -0.224 e. The number of hydrogen-bond acceptors (Lipinski definition) is 16. The van der Waals surface area contributed by atoms with Crippen molar-refractivity contribution in [2.24, 2.45) is 0 Å². The number of sulfone groups is 8. The van der Waals surface area contributed by atoms with Crippen molar-refractivity contribution in [2.45, 2.75) is 238 Å². The molecule has 0 bridgehead atoms. The molecule has 0 aliphatic heterocycles. The summed E-state index contributed by atoms with van der Waals surface area (Å²) in [6, 6.07) is 27.8. The Morgan fingerprint density at radius 1 is 0.268 bits per heavy atom. The summed E-state index contributed by atoms with van der Waals surface area (Å²) < 4.78 is 273. The molecule has 0 spiro atoms. The van der Waals surface area contributed by atoms with Crippen LogP contribution in [0.15, 0.2) is 148 Å². The third kappa shape index (κ3) is 33.9. The van der Waals surface area contributed by atoms with Crippen molar-refractivity contribution in [1.82, 2.24) is 0 Å². The van der Waals surface area contributed by atoms with Crippen LogP contribution in [0, 0.1) is 39.3 Å². The van der Waals surface area contributed by atoms with E-state index >= 15 is 0 Å². The second-order valence-electron chi connectivity index (χ2n) is 31.7. The van der Waals surface area contributed by atoms with Crippen LogP contribution < -0.4 is 0 Å². The molecular weight excluding hydrogens is 1890 g/mol. The monoisotopic (exact) mass is 2000 g/mol. The van der Waals surface area contributed by atoms with Gasteiger partial charge in [0, 0.05) is 60.1 Å². The van der Waals surface area contributed by atoms with E-state index in [4.69, 9.17) is 69.6 Å². The predicted molar refractivity (Wildman–Crippen MR) is 488 cm³/mol. The molecule has 123 heavy (non-hydrogen) atoms. The first-order chi connectivity index (χ1) is 55.3. The van der Waals surface area contributed by atoms with Gasteiger partial charge in [-0.2, -0.15) is 13.2 Å². The average Bonchev–Trinajstić information content (AvgIpc) is 0.775. The van der Waals surface area contributed by atoms with E-state index < -0.39 is 129 Å². The van der Waals surface area contributed by atoms with Crippen molar-refractivity contribution >= 4 is 148 Å². The molecule has 0 atom stereocenters. The molecule has 0 aliphatic rings. The van der Waals surface area contributed by atoms with Gasteiger partial charge in [-0.25, -0.2) is 84.9 Å². The smallest absolute Gasteiger partial charge is 0.224 e. The van der Waals surface area contributed by atoms with Crippen molar-refractivity contribution in [3.05, 3.63) is 229 Å². The zero-order valence-electron chi connectivity index (χ0n) is 73.8. The molecule has 0 saturated heterocycles. The van der Waals surface area contributed by atoms with Crippen LogP contribution in [0.4, 0.5) is 30.7 Å². The number of alkyl halides is 5. The normalized spacial score (nSPS) is 12.3. The van der Waals surface area contributed by atoms with E-state index in [0.717, 1.165) is 70.5 Å². The van der Waals surface area contributed by atoms with E-state index in [9.17, 15) is 98.1 Å². The summed E-state index contributed by atoms with van der Waals surface area (Å²) in [5.41, 5.74) is 7.57. The highest BCUT2D eigenvalue weighted by molar-refractivity contribution is 7.92. The second kappa shape index (κ2) is 46.2. The van der Waals surface area contributed by atoms with Crippen molar-refractivity contribution in [3.63, 3.8) is 0 Å². The van der Waals surface area contributed by atoms with Crippen LogP contribution in [0.5, 0.6) is 0 Å². The molecule has 0 aliphatic carbocycles. The first kappa shape index (κ1) is 116. The fourth-order valence-corrected chi connectivity index (χ4v) is 21.4. The Morgan fingerprint density at radius 2 is 0.553 bits per heavy atom. The van der Waals surface area contributed by atoms with Crippen molar-refractivity contribution in [2.75, 3.05) is 50.0 Å². The Labute approximate surface area is 756 Å². The van der Waals surface area contributed by atoms with E-state index in [1.807, 2.05) is 88.3 Å². The minimum atomic E-state index is -4.81. The lowest BCUT2D eigenvalue weighted by Gasteiger charge is -2.17. The maximum absolute atomic E-state index is 13.8. The standard InChI is InChI=1S/C12H18O2S.C11H12ClF3O2S.C11H15ClO2S.C11H13F3O2S.C11H16O2S.C10H12Cl2O2S.C10H12ClFO2S.C10H13ClO2S/c1-8(2)11-6-7-12(15(5,13)14)10(4)9(11)3;1-6(2)7-4-5-8(18(3,16)17)9(10(7)12)11(13,14)15;1-7(2)9-5-6-10(15(4,13)14)8(3)11(9)12;1-6(2)7-4-5-8(17(3,15)16)9(10(7)12)11(13)14;1-8(2)11-6-5-10(7-9(11)3)14(4,12)13;2*1-6(2)7-4-5-8(15(3,13)14)10(12)9(7)11;1-7(2)9-5-4-8(6-10(9)11)14(3,12)13/h6-8H,1-5H3;4-6H,1-3H3;5-7H,1-4H3;4-6,11H,1-3H3;5-8H,1-4H3;2*4-6H,1-3H3;4-7H,1-3H3. The third-order valence-corrected chi connectivity index (χ3v) is 30.4. The number of halogens is 13. The molecule has 0 radical (unpaired) electrons. The molecule has 0 unspecified atom stereocenters. The summed E-state index contributed by atoms with van der Waals surface area (Å²) in [7, 11) is -27.2. The van der Waals surface area contributed by atoms with Crippen molar-refractivity contribution in [1.29, 1.82) is 0 Å². The first-order valence-corrected chi connectivity index (χ1v) is 55.0. The van der Waals surface area contributed by atoms with Crippen molar-refractivity contribution in [3.8, 4) is 0 Å². The first-order valence-electron chi connectivity index (χ1n) is 37.6. The summed E-state index contributed by atoms with van der Waals surface area (Å²) in [5, 5.41) is 0.879. The number of benzene rings is 8. The summed E-state index contributed by atoms with van der Waals surface area (Å²) in [5.74, 6) is -0.775. The largest absolute Gasteiger partial charge is 0.419 e. The molecule has 16 nitrogen and oxygen atoms in total. The predicted octanol–water partition coefficient (Wildman–Crippen LogP) is 25.1. The van der Waals surface area contributed by atoms with Gasteiger partial charge in [0.25, 0.3) is 6.43 Å². The minimum absolute atomic E-state index is 0.0561. The zero-order valence-corrected chi connectivity index (χ0v) is 84.9. The molecule has 37 heteroatoms. The van der Waals surface area contributed by atoms with E-state index in [0.29, 0.717) is 64.6 Å². The van der Waals surface area contributed by atoms with E-state index in [-0.39, 0.29) is 59.5 Å². The Hall–Kier alpha value is -5.39. The Morgan fingerprint density at radius 3 is 0.886 bits per heavy atom. The maximum Gasteiger partial charge on any atom is 0.419 e. The van der Waals surface area contributed by atoms with Crippen LogP contribution >= 0.6 is 69.6 Å². The van der Waals surface area contributed by atoms with Crippen LogP contribution in [0.25, 0.3) is 0 Å². The second-order valence-corrected chi connectivity index (χ2v) is 49.9. The molecular formula is C86H111Cl6F7O16S8. The van der Waals surface area contributed by atoms with Gasteiger partial charge in [0.05, 0.1) is 65.5 Å². The van der Waals surface area contributed by atoms with Crippen LogP contribution in [-0.4, -0.2) is 117 Å². The van der Waals surface area contributed by atoms with Crippen molar-refractivity contribution < 1.29 is 98.1 Å². The molecule has 0 aromatic heterocycles. The highest BCUT2D eigenvalue weighted by Gasteiger charge is 2.40. The van der Waals surface area contributed by atoms with Crippen LogP contribution in [-0.2, 0) is 84.9 Å². The summed E-state index contributed by atoms with van der Waals surface area (Å²) in [6.45, 7) is 38.4. The van der Waals surface area contributed by atoms with E-state index in [1.165, 1.54) is 66.5 Å². The van der Waals surface area contributed by atoms with Gasteiger partial charge in [-0.1, -0.05) is 229 Å². The highest BCUT2D eigenvalue weighted by atomic mass is 35.5. The fourth-order valence-electron chi connectivity index (χ4n) is 11.8. The molecule has 0 fully saturated rings. The van der Waals surface area contributed by atoms with Gasteiger partial charge in [0.15, 0.2) is 84.5 Å². The Bertz CT molecular complexity index is 5630. The summed E-state index contributed by atoms with van der Waals surface area (Å²) >= 11 is 35.5. The highest BCUT2D eigenvalue weighted by Crippen LogP contribution is 2.44. The maximum atomic E-state index is 13.8. The zero-order chi connectivity index (χ0) is 96.7. The molecule has 0 saturated carbocycles. The summed E-state index contributed by atoms with van der Waals surface area (Å²) in [6.07, 6.45) is 0.468. The third-order valence-electron chi connectivity index (χ3n) is 18.5. The van der Waals surface area contributed by atoms with Gasteiger partial charge in [0.2, 0.25) is 0 Å². The lowest BCUT2D eigenvalue weighted by atomic mass is 9.95. The quantitative estimate of drug-likeness (QED) is 0.0766. The summed E-state index contributed by atoms with van der Waals surface area (Å²) in [4.78, 5) is -0.262. The molecule has 8 rings (SSSR count). The van der Waals surface area contributed by atoms with E-state index in [1.54, 1.807) is 89.2 Å². The Kier molecular flexibility index (Phi) is 43.5. The Balaban J connectivity index is 0.000000704. The molecule has 0 N–H and O–H groups in total. The molecule has 0 amide bonds. The lowest BCUT2D eigenvalue weighted by Crippen LogP contribution is -2.14. The SMILES string of the molecule is CC(C)c1ccc(S(C)(=O)=O)c(C(F)(F)F)c1Cl.CC(C)c1ccc(S(C)(=O)=O)c(C(F)F)c1F.CC(C)c1ccc(S(C)(=O)=O)c(Cl)c1Cl.CC(C)c1ccc(S(C)(=O)=O)c(F)c1Cl.CC(C)c1ccc(S(C)(=O)=O)cc1Cl.Cc1c(C(C)C)ccc(S(C)(=O)=O)c1C.Cc1c(S(C)(=O)=O)ccc(C(C)C)c1Cl.Cc1cc(S(C)(=O)=O)ccc1C(C)C. The van der Waals surface area contributed by atoms with Crippen LogP contribution in [0.2, 0.25) is 30.1 Å². The van der Waals surface area contributed by atoms with Crippen LogP contribution in [0.1, 0.15) is 242 Å². The molecule has 0 heterocycles. The van der Waals surface area contributed by atoms with Gasteiger partial charge >= 0.3 is 6.18 Å². The van der Waals surface area contributed by atoms with Gasteiger partial charge in [-0.3, -0.25) is 0 Å². The molecule has 690 valence electrons. The van der Waals surface area contributed by atoms with Crippen LogP contribution in [0.3, 0.4) is 0 Å². The fraction of sp³-hybridized carbons (Fsp3) is 0.442. The van der Waals surface area contributed by atoms with Gasteiger partial charge in [0.1, 0.15) is 10.7 Å². The lowest BCUT2D eigenvalue weighted by molar-refractivity contribution is -0.139. The topological polar surface area (TPSA) is 273 Å². The average molecular weight is 2000 g/mol. The number of hydrogen-bond donors (Lipinski definition) is 0. The number of aryl methyl sites for hydroxylation is 1. The molecule has 8 aromatic rings. The van der Waals surface area contributed by atoms with Gasteiger partial charge in [-0.05, 0) is 202 Å². The van der Waals surface area contributed by atoms with Gasteiger partial charge in [-0.15, -0.1) is 0 Å². The molecule has 8 aromatic carbocycles. The van der Waals surface area contributed by atoms with Gasteiger partial charge < -0.3 is 0 Å². The van der Waals surface area contributed by atoms with E-state index in [2.05, 4.69) is 27.7 Å². The number of rotatable bonds is 17.